The molecule has 0 amide bonds. The van der Waals surface area contributed by atoms with Gasteiger partial charge in [-0.3, -0.25) is 0 Å². The van der Waals surface area contributed by atoms with Crippen LogP contribution in [0.5, 0.6) is 0 Å². The van der Waals surface area contributed by atoms with Crippen LogP contribution in [0.2, 0.25) is 0 Å². The van der Waals surface area contributed by atoms with Crippen LogP contribution < -0.4 is 5.73 Å². The van der Waals surface area contributed by atoms with E-state index in [9.17, 15) is 5.11 Å². The monoisotopic (exact) mass is 310 g/mol. The number of aliphatic hydroxyl groups is 1. The van der Waals surface area contributed by atoms with Gasteiger partial charge >= 0.3 is 0 Å². The van der Waals surface area contributed by atoms with E-state index in [1.807, 2.05) is 42.5 Å². The number of rotatable bonds is 5. The second-order valence-corrected chi connectivity index (χ2v) is 6.53. The molecule has 3 rings (SSSR count). The number of piperidine rings is 1. The fourth-order valence-electron chi connectivity index (χ4n) is 3.39. The first-order chi connectivity index (χ1) is 11.2. The van der Waals surface area contributed by atoms with E-state index in [2.05, 4.69) is 17.0 Å². The summed E-state index contributed by atoms with van der Waals surface area (Å²) in [6.07, 6.45) is 2.87. The van der Waals surface area contributed by atoms with Gasteiger partial charge in [0.15, 0.2) is 0 Å². The van der Waals surface area contributed by atoms with Crippen molar-refractivity contribution >= 4 is 5.69 Å². The highest BCUT2D eigenvalue weighted by Gasteiger charge is 2.25. The Morgan fingerprint density at radius 3 is 2.30 bits per heavy atom. The summed E-state index contributed by atoms with van der Waals surface area (Å²) < 4.78 is 0. The number of aliphatic hydroxyl groups excluding tert-OH is 1. The summed E-state index contributed by atoms with van der Waals surface area (Å²) in [5, 5.41) is 10.5. The molecule has 1 aliphatic heterocycles. The summed E-state index contributed by atoms with van der Waals surface area (Å²) in [6, 6.07) is 18.2. The Balaban J connectivity index is 1.46. The van der Waals surface area contributed by atoms with E-state index >= 15 is 0 Å². The summed E-state index contributed by atoms with van der Waals surface area (Å²) in [7, 11) is 0. The summed E-state index contributed by atoms with van der Waals surface area (Å²) in [4.78, 5) is 2.50. The third-order valence-corrected chi connectivity index (χ3v) is 4.92. The minimum absolute atomic E-state index is 0.324. The average Bonchev–Trinajstić information content (AvgIpc) is 2.62. The van der Waals surface area contributed by atoms with Gasteiger partial charge in [-0.2, -0.15) is 0 Å². The molecule has 23 heavy (non-hydrogen) atoms. The highest BCUT2D eigenvalue weighted by molar-refractivity contribution is 5.39. The maximum Gasteiger partial charge on any atom is 0.0819 e. The maximum absolute atomic E-state index is 10.5. The third-order valence-electron chi connectivity index (χ3n) is 4.92. The number of anilines is 1. The van der Waals surface area contributed by atoms with Crippen LogP contribution in [0.25, 0.3) is 0 Å². The SMILES string of the molecule is Nc1ccc(CCN2CCC(C(O)c3ccccc3)CC2)cc1. The number of nitrogen functional groups attached to an aromatic ring is 1. The zero-order chi connectivity index (χ0) is 16.1. The van der Waals surface area contributed by atoms with Crippen LogP contribution in [0.4, 0.5) is 5.69 Å². The molecule has 3 nitrogen and oxygen atoms in total. The van der Waals surface area contributed by atoms with Gasteiger partial charge in [-0.1, -0.05) is 42.5 Å². The lowest BCUT2D eigenvalue weighted by atomic mass is 9.87. The van der Waals surface area contributed by atoms with E-state index in [0.717, 1.165) is 50.1 Å². The highest BCUT2D eigenvalue weighted by Crippen LogP contribution is 2.30. The topological polar surface area (TPSA) is 49.5 Å². The molecule has 0 radical (unpaired) electrons. The van der Waals surface area contributed by atoms with Gasteiger partial charge in [-0.05, 0) is 61.5 Å². The van der Waals surface area contributed by atoms with Gasteiger partial charge in [-0.25, -0.2) is 0 Å². The van der Waals surface area contributed by atoms with E-state index in [4.69, 9.17) is 5.73 Å². The quantitative estimate of drug-likeness (QED) is 0.834. The largest absolute Gasteiger partial charge is 0.399 e. The minimum Gasteiger partial charge on any atom is -0.399 e. The highest BCUT2D eigenvalue weighted by atomic mass is 16.3. The Morgan fingerprint density at radius 2 is 1.65 bits per heavy atom. The molecule has 3 N–H and O–H groups in total. The van der Waals surface area contributed by atoms with E-state index in [-0.39, 0.29) is 6.10 Å². The predicted molar refractivity (Wildman–Crippen MR) is 95.1 cm³/mol. The molecule has 1 atom stereocenters. The number of hydrogen-bond donors (Lipinski definition) is 2. The molecule has 3 heteroatoms. The lowest BCUT2D eigenvalue weighted by molar-refractivity contribution is 0.0592. The Hall–Kier alpha value is -1.84. The molecule has 1 aliphatic rings. The van der Waals surface area contributed by atoms with Crippen LogP contribution in [0, 0.1) is 5.92 Å². The number of likely N-dealkylation sites (tertiary alicyclic amines) is 1. The van der Waals surface area contributed by atoms with Crippen molar-refractivity contribution < 1.29 is 5.11 Å². The van der Waals surface area contributed by atoms with Crippen LogP contribution in [-0.2, 0) is 6.42 Å². The van der Waals surface area contributed by atoms with E-state index in [1.165, 1.54) is 5.56 Å². The smallest absolute Gasteiger partial charge is 0.0819 e. The second-order valence-electron chi connectivity index (χ2n) is 6.53. The minimum atomic E-state index is -0.324. The van der Waals surface area contributed by atoms with Crippen molar-refractivity contribution in [2.75, 3.05) is 25.4 Å². The van der Waals surface area contributed by atoms with Gasteiger partial charge in [0, 0.05) is 12.2 Å². The van der Waals surface area contributed by atoms with Crippen LogP contribution in [0.3, 0.4) is 0 Å². The molecule has 0 saturated carbocycles. The fraction of sp³-hybridized carbons (Fsp3) is 0.400. The van der Waals surface area contributed by atoms with Crippen molar-refractivity contribution in [3.05, 3.63) is 65.7 Å². The standard InChI is InChI=1S/C20H26N2O/c21-19-8-6-16(7-9-19)10-13-22-14-11-18(12-15-22)20(23)17-4-2-1-3-5-17/h1-9,18,20,23H,10-15,21H2. The first kappa shape index (κ1) is 16.0. The predicted octanol–water partition coefficient (Wildman–Crippen LogP) is 3.26. The Labute approximate surface area is 138 Å². The molecule has 1 fully saturated rings. The first-order valence-corrected chi connectivity index (χ1v) is 8.52. The normalized spacial score (nSPS) is 18.0. The van der Waals surface area contributed by atoms with Crippen LogP contribution in [0.1, 0.15) is 30.1 Å². The molecule has 2 aromatic carbocycles. The number of hydrogen-bond acceptors (Lipinski definition) is 3. The van der Waals surface area contributed by atoms with Crippen LogP contribution in [-0.4, -0.2) is 29.6 Å². The van der Waals surface area contributed by atoms with Gasteiger partial charge in [0.2, 0.25) is 0 Å². The molecule has 0 spiro atoms. The van der Waals surface area contributed by atoms with Crippen molar-refractivity contribution in [3.8, 4) is 0 Å². The Bertz CT molecular complexity index is 589. The van der Waals surface area contributed by atoms with Crippen LogP contribution >= 0.6 is 0 Å². The fourth-order valence-corrected chi connectivity index (χ4v) is 3.39. The van der Waals surface area contributed by atoms with Gasteiger partial charge in [0.05, 0.1) is 6.10 Å². The molecule has 0 aliphatic carbocycles. The summed E-state index contributed by atoms with van der Waals surface area (Å²) >= 11 is 0. The number of nitrogens with two attached hydrogens (primary N) is 1. The molecule has 1 saturated heterocycles. The van der Waals surface area contributed by atoms with Crippen molar-refractivity contribution in [1.29, 1.82) is 0 Å². The molecule has 122 valence electrons. The van der Waals surface area contributed by atoms with Gasteiger partial charge in [0.1, 0.15) is 0 Å². The lowest BCUT2D eigenvalue weighted by Crippen LogP contribution is -2.36. The summed E-state index contributed by atoms with van der Waals surface area (Å²) in [5.41, 5.74) is 8.93. The average molecular weight is 310 g/mol. The zero-order valence-corrected chi connectivity index (χ0v) is 13.6. The van der Waals surface area contributed by atoms with Crippen molar-refractivity contribution in [2.45, 2.75) is 25.4 Å². The molecular weight excluding hydrogens is 284 g/mol. The maximum atomic E-state index is 10.5. The van der Waals surface area contributed by atoms with Gasteiger partial charge < -0.3 is 15.7 Å². The van der Waals surface area contributed by atoms with Crippen molar-refractivity contribution in [1.82, 2.24) is 4.90 Å². The van der Waals surface area contributed by atoms with Gasteiger partial charge in [-0.15, -0.1) is 0 Å². The lowest BCUT2D eigenvalue weighted by Gasteiger charge is -2.34. The molecule has 0 aromatic heterocycles. The number of benzene rings is 2. The molecule has 2 aromatic rings. The Morgan fingerprint density at radius 1 is 1.00 bits per heavy atom. The first-order valence-electron chi connectivity index (χ1n) is 8.52. The van der Waals surface area contributed by atoms with Gasteiger partial charge in [0.25, 0.3) is 0 Å². The Kier molecular flexibility index (Phi) is 5.31. The molecule has 1 unspecified atom stereocenters. The third kappa shape index (κ3) is 4.34. The van der Waals surface area contributed by atoms with E-state index in [1.54, 1.807) is 0 Å². The van der Waals surface area contributed by atoms with E-state index in [0.29, 0.717) is 5.92 Å². The summed E-state index contributed by atoms with van der Waals surface area (Å²) in [5.74, 6) is 0.380. The molecule has 1 heterocycles. The molecular formula is C20H26N2O. The summed E-state index contributed by atoms with van der Waals surface area (Å²) in [6.45, 7) is 3.23. The van der Waals surface area contributed by atoms with Crippen molar-refractivity contribution in [2.24, 2.45) is 5.92 Å². The molecule has 0 bridgehead atoms. The van der Waals surface area contributed by atoms with Crippen molar-refractivity contribution in [3.63, 3.8) is 0 Å². The second kappa shape index (κ2) is 7.62. The number of nitrogens with zero attached hydrogens (tertiary/aromatic N) is 1. The van der Waals surface area contributed by atoms with Crippen LogP contribution in [0.15, 0.2) is 54.6 Å². The van der Waals surface area contributed by atoms with E-state index < -0.39 is 0 Å². The zero-order valence-electron chi connectivity index (χ0n) is 13.6.